The Morgan fingerprint density at radius 2 is 2.12 bits per heavy atom. The number of carbonyl (C=O) groups is 1. The van der Waals surface area contributed by atoms with Gasteiger partial charge in [0, 0.05) is 32.2 Å². The van der Waals surface area contributed by atoms with Gasteiger partial charge in [-0.15, -0.1) is 0 Å². The number of nitrogens with zero attached hydrogens (tertiary/aromatic N) is 3. The zero-order valence-corrected chi connectivity index (χ0v) is 12.8. The molecule has 0 atom stereocenters. The summed E-state index contributed by atoms with van der Waals surface area (Å²) in [6, 6.07) is 5.05. The smallest absolute Gasteiger partial charge is 0.401 e. The molecular formula is C15H17F3N4O2. The molecule has 1 saturated heterocycles. The Balaban J connectivity index is 1.63. The lowest BCUT2D eigenvalue weighted by Crippen LogP contribution is -2.38. The second-order valence-corrected chi connectivity index (χ2v) is 5.68. The van der Waals surface area contributed by atoms with Gasteiger partial charge in [0.15, 0.2) is 11.5 Å². The van der Waals surface area contributed by atoms with Crippen molar-refractivity contribution in [3.8, 4) is 11.5 Å². The molecule has 1 N–H and O–H groups in total. The maximum Gasteiger partial charge on any atom is 0.401 e. The van der Waals surface area contributed by atoms with E-state index in [1.165, 1.54) is 11.2 Å². The Hall–Kier alpha value is -2.29. The molecule has 1 fully saturated rings. The predicted octanol–water partition coefficient (Wildman–Crippen LogP) is 2.38. The summed E-state index contributed by atoms with van der Waals surface area (Å²) < 4.78 is 42.7. The van der Waals surface area contributed by atoms with Gasteiger partial charge in [-0.3, -0.25) is 14.8 Å². The molecule has 0 unspecified atom stereocenters. The summed E-state index contributed by atoms with van der Waals surface area (Å²) in [7, 11) is 0. The quantitative estimate of drug-likeness (QED) is 0.930. The van der Waals surface area contributed by atoms with Gasteiger partial charge in [-0.1, -0.05) is 0 Å². The minimum absolute atomic E-state index is 0.195. The largest absolute Gasteiger partial charge is 0.463 e. The van der Waals surface area contributed by atoms with Crippen LogP contribution in [-0.2, 0) is 0 Å². The molecule has 130 valence electrons. The third-order valence-electron chi connectivity index (χ3n) is 3.86. The summed E-state index contributed by atoms with van der Waals surface area (Å²) in [6.45, 7) is 0.232. The highest BCUT2D eigenvalue weighted by Gasteiger charge is 2.32. The highest BCUT2D eigenvalue weighted by atomic mass is 19.4. The Morgan fingerprint density at radius 3 is 2.83 bits per heavy atom. The van der Waals surface area contributed by atoms with E-state index in [1.807, 2.05) is 0 Å². The molecule has 0 aromatic carbocycles. The molecule has 0 aliphatic carbocycles. The van der Waals surface area contributed by atoms with Crippen molar-refractivity contribution in [2.45, 2.75) is 12.6 Å². The van der Waals surface area contributed by atoms with E-state index in [4.69, 9.17) is 4.42 Å². The highest BCUT2D eigenvalue weighted by molar-refractivity contribution is 5.93. The molecule has 2 aromatic heterocycles. The minimum Gasteiger partial charge on any atom is -0.463 e. The van der Waals surface area contributed by atoms with Crippen LogP contribution in [0, 0.1) is 0 Å². The van der Waals surface area contributed by atoms with E-state index in [9.17, 15) is 18.0 Å². The lowest BCUT2D eigenvalue weighted by Gasteiger charge is -2.22. The zero-order valence-electron chi connectivity index (χ0n) is 12.8. The van der Waals surface area contributed by atoms with Crippen molar-refractivity contribution >= 4 is 5.91 Å². The monoisotopic (exact) mass is 342 g/mol. The van der Waals surface area contributed by atoms with Crippen molar-refractivity contribution in [2.75, 3.05) is 32.7 Å². The first kappa shape index (κ1) is 16.6. The summed E-state index contributed by atoms with van der Waals surface area (Å²) >= 11 is 0. The van der Waals surface area contributed by atoms with Crippen molar-refractivity contribution in [1.29, 1.82) is 0 Å². The van der Waals surface area contributed by atoms with Gasteiger partial charge in [-0.05, 0) is 18.6 Å². The van der Waals surface area contributed by atoms with Crippen molar-refractivity contribution in [3.63, 3.8) is 0 Å². The van der Waals surface area contributed by atoms with Crippen LogP contribution in [0.3, 0.4) is 0 Å². The number of furan rings is 1. The van der Waals surface area contributed by atoms with E-state index in [-0.39, 0.29) is 24.7 Å². The van der Waals surface area contributed by atoms with Crippen LogP contribution in [0.1, 0.15) is 16.9 Å². The number of aromatic nitrogens is 2. The van der Waals surface area contributed by atoms with E-state index in [1.54, 1.807) is 23.1 Å². The Morgan fingerprint density at radius 1 is 1.29 bits per heavy atom. The molecular weight excluding hydrogens is 325 g/mol. The number of carbonyl (C=O) groups excluding carboxylic acids is 1. The molecule has 0 saturated carbocycles. The van der Waals surface area contributed by atoms with Gasteiger partial charge in [0.25, 0.3) is 5.91 Å². The third-order valence-corrected chi connectivity index (χ3v) is 3.86. The van der Waals surface area contributed by atoms with Crippen LogP contribution in [0.15, 0.2) is 28.9 Å². The first-order chi connectivity index (χ1) is 11.4. The fraction of sp³-hybridized carbons (Fsp3) is 0.467. The van der Waals surface area contributed by atoms with Crippen LogP contribution < -0.4 is 0 Å². The number of rotatable bonds is 3. The fourth-order valence-electron chi connectivity index (χ4n) is 2.74. The van der Waals surface area contributed by atoms with E-state index in [2.05, 4.69) is 10.2 Å². The molecule has 3 heterocycles. The fourth-order valence-corrected chi connectivity index (χ4v) is 2.74. The molecule has 6 nitrogen and oxygen atoms in total. The van der Waals surface area contributed by atoms with Crippen molar-refractivity contribution < 1.29 is 22.4 Å². The number of H-pyrrole nitrogens is 1. The lowest BCUT2D eigenvalue weighted by atomic mass is 10.2. The van der Waals surface area contributed by atoms with Crippen LogP contribution in [0.5, 0.6) is 0 Å². The average molecular weight is 342 g/mol. The number of nitrogens with one attached hydrogen (secondary N) is 1. The standard InChI is InChI=1S/C15H17F3N4O2/c16-15(17,18)10-21-4-2-5-22(7-6-21)14(23)12-9-11(19-20-12)13-3-1-8-24-13/h1,3,8-9H,2,4-7,10H2,(H,19,20). The number of amides is 1. The van der Waals surface area contributed by atoms with Gasteiger partial charge in [0.2, 0.25) is 0 Å². The van der Waals surface area contributed by atoms with Gasteiger partial charge in [0.05, 0.1) is 12.8 Å². The molecule has 1 aliphatic heterocycles. The van der Waals surface area contributed by atoms with Gasteiger partial charge >= 0.3 is 6.18 Å². The van der Waals surface area contributed by atoms with Crippen LogP contribution in [0.25, 0.3) is 11.5 Å². The van der Waals surface area contributed by atoms with Crippen molar-refractivity contribution in [1.82, 2.24) is 20.0 Å². The highest BCUT2D eigenvalue weighted by Crippen LogP contribution is 2.20. The van der Waals surface area contributed by atoms with E-state index >= 15 is 0 Å². The van der Waals surface area contributed by atoms with Crippen LogP contribution in [0.4, 0.5) is 13.2 Å². The van der Waals surface area contributed by atoms with Gasteiger partial charge in [-0.25, -0.2) is 0 Å². The molecule has 2 aromatic rings. The second kappa shape index (κ2) is 6.68. The molecule has 24 heavy (non-hydrogen) atoms. The van der Waals surface area contributed by atoms with Crippen molar-refractivity contribution in [3.05, 3.63) is 30.2 Å². The Labute approximate surface area is 136 Å². The SMILES string of the molecule is O=C(c1cc(-c2ccco2)[nH]n1)N1CCCN(CC(F)(F)F)CC1. The first-order valence-electron chi connectivity index (χ1n) is 7.60. The molecule has 0 spiro atoms. The summed E-state index contributed by atoms with van der Waals surface area (Å²) in [5, 5.41) is 6.72. The first-order valence-corrected chi connectivity index (χ1v) is 7.60. The number of hydrogen-bond acceptors (Lipinski definition) is 4. The Kier molecular flexibility index (Phi) is 4.61. The maximum atomic E-state index is 12.5. The van der Waals surface area contributed by atoms with E-state index in [0.29, 0.717) is 31.0 Å². The Bertz CT molecular complexity index is 681. The normalized spacial score (nSPS) is 17.0. The third kappa shape index (κ3) is 3.97. The minimum atomic E-state index is -4.22. The zero-order chi connectivity index (χ0) is 17.2. The number of aromatic amines is 1. The van der Waals surface area contributed by atoms with E-state index < -0.39 is 12.7 Å². The maximum absolute atomic E-state index is 12.5. The van der Waals surface area contributed by atoms with Crippen LogP contribution in [-0.4, -0.2) is 64.8 Å². The molecule has 1 amide bonds. The lowest BCUT2D eigenvalue weighted by molar-refractivity contribution is -0.145. The number of alkyl halides is 3. The summed E-state index contributed by atoms with van der Waals surface area (Å²) in [5.74, 6) is 0.270. The average Bonchev–Trinajstić information content (AvgIpc) is 3.14. The predicted molar refractivity (Wildman–Crippen MR) is 79.3 cm³/mol. The topological polar surface area (TPSA) is 65.4 Å². The van der Waals surface area contributed by atoms with Crippen LogP contribution >= 0.6 is 0 Å². The van der Waals surface area contributed by atoms with Crippen molar-refractivity contribution in [2.24, 2.45) is 0 Å². The summed E-state index contributed by atoms with van der Waals surface area (Å²) in [5.41, 5.74) is 0.808. The molecule has 3 rings (SSSR count). The van der Waals surface area contributed by atoms with E-state index in [0.717, 1.165) is 0 Å². The number of hydrogen-bond donors (Lipinski definition) is 1. The number of halogens is 3. The van der Waals surface area contributed by atoms with Crippen LogP contribution in [0.2, 0.25) is 0 Å². The molecule has 1 aliphatic rings. The molecule has 9 heteroatoms. The summed E-state index contributed by atoms with van der Waals surface area (Å²) in [4.78, 5) is 15.4. The molecule has 0 radical (unpaired) electrons. The molecule has 0 bridgehead atoms. The van der Waals surface area contributed by atoms with Gasteiger partial charge in [0.1, 0.15) is 5.69 Å². The van der Waals surface area contributed by atoms with Gasteiger partial charge < -0.3 is 9.32 Å². The second-order valence-electron chi connectivity index (χ2n) is 5.68. The van der Waals surface area contributed by atoms with Gasteiger partial charge in [-0.2, -0.15) is 18.3 Å². The summed E-state index contributed by atoms with van der Waals surface area (Å²) in [6.07, 6.45) is -2.21.